The van der Waals surface area contributed by atoms with Crippen LogP contribution in [0.3, 0.4) is 0 Å². The van der Waals surface area contributed by atoms with Gasteiger partial charge in [0, 0.05) is 11.5 Å². The molecule has 0 amide bonds. The molecule has 3 atom stereocenters. The molecule has 0 aromatic heterocycles. The Morgan fingerprint density at radius 3 is 2.45 bits per heavy atom. The van der Waals surface area contributed by atoms with Crippen LogP contribution in [-0.2, 0) is 14.9 Å². The molecule has 0 aliphatic heterocycles. The highest BCUT2D eigenvalue weighted by molar-refractivity contribution is 5.87. The molecule has 1 aliphatic rings. The Bertz CT molecular complexity index is 530. The molecule has 1 aromatic carbocycles. The van der Waals surface area contributed by atoms with Gasteiger partial charge in [-0.05, 0) is 36.7 Å². The second kappa shape index (κ2) is 6.68. The van der Waals surface area contributed by atoms with E-state index in [1.165, 1.54) is 12.0 Å². The second-order valence-corrected chi connectivity index (χ2v) is 7.34. The number of carbonyl (C=O) groups is 1. The van der Waals surface area contributed by atoms with Crippen molar-refractivity contribution in [1.82, 2.24) is 0 Å². The Morgan fingerprint density at radius 2 is 1.86 bits per heavy atom. The summed E-state index contributed by atoms with van der Waals surface area (Å²) in [7, 11) is 0. The molecule has 120 valence electrons. The van der Waals surface area contributed by atoms with E-state index in [9.17, 15) is 4.79 Å². The van der Waals surface area contributed by atoms with Crippen LogP contribution in [0.5, 0.6) is 0 Å². The minimum atomic E-state index is -0.257. The van der Waals surface area contributed by atoms with Gasteiger partial charge in [-0.25, -0.2) is 4.79 Å². The largest absolute Gasteiger partial charge is 0.459 e. The number of benzene rings is 1. The first-order valence-corrected chi connectivity index (χ1v) is 8.24. The highest BCUT2D eigenvalue weighted by atomic mass is 16.5. The Labute approximate surface area is 134 Å². The van der Waals surface area contributed by atoms with E-state index in [0.717, 1.165) is 12.8 Å². The number of rotatable bonds is 4. The SMILES string of the molecule is C=C(C)C(=O)O[C@@H]1C[C@H](C)CC[C@H]1C(C)(C)c1ccccc1. The highest BCUT2D eigenvalue weighted by Gasteiger charge is 2.41. The van der Waals surface area contributed by atoms with Crippen molar-refractivity contribution in [3.63, 3.8) is 0 Å². The molecule has 0 bridgehead atoms. The lowest BCUT2D eigenvalue weighted by atomic mass is 9.64. The van der Waals surface area contributed by atoms with E-state index in [1.54, 1.807) is 6.92 Å². The summed E-state index contributed by atoms with van der Waals surface area (Å²) >= 11 is 0. The van der Waals surface area contributed by atoms with Gasteiger partial charge in [-0.15, -0.1) is 0 Å². The number of esters is 1. The molecule has 0 heterocycles. The van der Waals surface area contributed by atoms with Crippen molar-refractivity contribution in [1.29, 1.82) is 0 Å². The van der Waals surface area contributed by atoms with Crippen molar-refractivity contribution in [3.8, 4) is 0 Å². The molecule has 2 heteroatoms. The van der Waals surface area contributed by atoms with E-state index in [0.29, 0.717) is 17.4 Å². The Kier molecular flexibility index (Phi) is 5.10. The molecule has 1 fully saturated rings. The molecule has 2 nitrogen and oxygen atoms in total. The maximum absolute atomic E-state index is 12.0. The normalized spacial score (nSPS) is 25.5. The predicted octanol–water partition coefficient (Wildman–Crippen LogP) is 4.89. The number of hydrogen-bond acceptors (Lipinski definition) is 2. The van der Waals surface area contributed by atoms with E-state index in [4.69, 9.17) is 4.74 Å². The van der Waals surface area contributed by atoms with Crippen molar-refractivity contribution in [3.05, 3.63) is 48.0 Å². The van der Waals surface area contributed by atoms with Crippen molar-refractivity contribution in [2.75, 3.05) is 0 Å². The topological polar surface area (TPSA) is 26.3 Å². The Hall–Kier alpha value is -1.57. The minimum absolute atomic E-state index is 0.0125. The molecule has 22 heavy (non-hydrogen) atoms. The zero-order valence-electron chi connectivity index (χ0n) is 14.3. The van der Waals surface area contributed by atoms with Gasteiger partial charge < -0.3 is 4.74 Å². The molecule has 0 unspecified atom stereocenters. The summed E-state index contributed by atoms with van der Waals surface area (Å²) in [5.41, 5.74) is 1.78. The summed E-state index contributed by atoms with van der Waals surface area (Å²) in [6.07, 6.45) is 3.21. The van der Waals surface area contributed by atoms with Gasteiger partial charge in [-0.2, -0.15) is 0 Å². The summed E-state index contributed by atoms with van der Waals surface area (Å²) in [5, 5.41) is 0. The molecular weight excluding hydrogens is 272 g/mol. The molecule has 1 aromatic rings. The third kappa shape index (κ3) is 3.60. The van der Waals surface area contributed by atoms with Gasteiger partial charge in [0.1, 0.15) is 6.10 Å². The first-order valence-electron chi connectivity index (χ1n) is 8.24. The lowest BCUT2D eigenvalue weighted by Crippen LogP contribution is -2.43. The summed E-state index contributed by atoms with van der Waals surface area (Å²) in [4.78, 5) is 12.0. The monoisotopic (exact) mass is 300 g/mol. The maximum atomic E-state index is 12.0. The molecular formula is C20H28O2. The van der Waals surface area contributed by atoms with Crippen molar-refractivity contribution in [2.45, 2.75) is 58.5 Å². The molecule has 0 radical (unpaired) electrons. The molecule has 2 rings (SSSR count). The summed E-state index contributed by atoms with van der Waals surface area (Å²) < 4.78 is 5.81. The van der Waals surface area contributed by atoms with Gasteiger partial charge in [0.05, 0.1) is 0 Å². The van der Waals surface area contributed by atoms with Gasteiger partial charge in [-0.3, -0.25) is 0 Å². The highest BCUT2D eigenvalue weighted by Crippen LogP contribution is 2.43. The first-order chi connectivity index (χ1) is 10.3. The molecule has 1 aliphatic carbocycles. The van der Waals surface area contributed by atoms with Crippen LogP contribution in [0.1, 0.15) is 52.5 Å². The second-order valence-electron chi connectivity index (χ2n) is 7.34. The van der Waals surface area contributed by atoms with Crippen molar-refractivity contribution >= 4 is 5.97 Å². The molecule has 1 saturated carbocycles. The average molecular weight is 300 g/mol. The quantitative estimate of drug-likeness (QED) is 0.584. The van der Waals surface area contributed by atoms with Crippen molar-refractivity contribution in [2.24, 2.45) is 11.8 Å². The van der Waals surface area contributed by atoms with Crippen LogP contribution in [0, 0.1) is 11.8 Å². The third-order valence-corrected chi connectivity index (χ3v) is 5.11. The fourth-order valence-electron chi connectivity index (χ4n) is 3.60. The number of hydrogen-bond donors (Lipinski definition) is 0. The maximum Gasteiger partial charge on any atom is 0.333 e. The zero-order chi connectivity index (χ0) is 16.3. The van der Waals surface area contributed by atoms with Crippen LogP contribution in [0.15, 0.2) is 42.5 Å². The lowest BCUT2D eigenvalue weighted by molar-refractivity contribution is -0.151. The predicted molar refractivity (Wildman–Crippen MR) is 90.7 cm³/mol. The van der Waals surface area contributed by atoms with Crippen molar-refractivity contribution < 1.29 is 9.53 Å². The van der Waals surface area contributed by atoms with Gasteiger partial charge in [0.25, 0.3) is 0 Å². The van der Waals surface area contributed by atoms with E-state index < -0.39 is 0 Å². The van der Waals surface area contributed by atoms with Gasteiger partial charge in [-0.1, -0.05) is 64.1 Å². The van der Waals surface area contributed by atoms with Crippen LogP contribution in [0.2, 0.25) is 0 Å². The van der Waals surface area contributed by atoms with Gasteiger partial charge in [0.2, 0.25) is 0 Å². The van der Waals surface area contributed by atoms with Crippen LogP contribution in [0.4, 0.5) is 0 Å². The van der Waals surface area contributed by atoms with Crippen LogP contribution in [-0.4, -0.2) is 12.1 Å². The third-order valence-electron chi connectivity index (χ3n) is 5.11. The van der Waals surface area contributed by atoms with Crippen LogP contribution < -0.4 is 0 Å². The lowest BCUT2D eigenvalue weighted by Gasteiger charge is -2.44. The van der Waals surface area contributed by atoms with E-state index in [-0.39, 0.29) is 17.5 Å². The minimum Gasteiger partial charge on any atom is -0.459 e. The molecule has 0 saturated heterocycles. The molecule has 0 spiro atoms. The zero-order valence-corrected chi connectivity index (χ0v) is 14.3. The summed E-state index contributed by atoms with van der Waals surface area (Å²) in [5.74, 6) is 0.688. The fourth-order valence-corrected chi connectivity index (χ4v) is 3.60. The fraction of sp³-hybridized carbons (Fsp3) is 0.550. The smallest absolute Gasteiger partial charge is 0.333 e. The Balaban J connectivity index is 2.25. The first kappa shape index (κ1) is 16.8. The molecule has 0 N–H and O–H groups in total. The summed E-state index contributed by atoms with van der Waals surface area (Å²) in [6, 6.07) is 10.6. The van der Waals surface area contributed by atoms with E-state index in [1.807, 2.05) is 6.07 Å². The van der Waals surface area contributed by atoms with E-state index >= 15 is 0 Å². The van der Waals surface area contributed by atoms with Gasteiger partial charge in [0.15, 0.2) is 0 Å². The van der Waals surface area contributed by atoms with Crippen LogP contribution in [0.25, 0.3) is 0 Å². The van der Waals surface area contributed by atoms with E-state index in [2.05, 4.69) is 51.6 Å². The van der Waals surface area contributed by atoms with Gasteiger partial charge >= 0.3 is 5.97 Å². The summed E-state index contributed by atoms with van der Waals surface area (Å²) in [6.45, 7) is 12.2. The van der Waals surface area contributed by atoms with Crippen LogP contribution >= 0.6 is 0 Å². The Morgan fingerprint density at radius 1 is 1.23 bits per heavy atom. The standard InChI is InChI=1S/C20H28O2/c1-14(2)19(21)22-18-13-15(3)11-12-17(18)20(4,5)16-9-7-6-8-10-16/h6-10,15,17-18H,1,11-13H2,2-5H3/t15-,17-,18-/m1/s1. The average Bonchev–Trinajstić information content (AvgIpc) is 2.47. The number of ether oxygens (including phenoxy) is 1. The number of carbonyl (C=O) groups excluding carboxylic acids is 1.